The third kappa shape index (κ3) is 3.72. The van der Waals surface area contributed by atoms with E-state index >= 15 is 0 Å². The first-order valence-corrected chi connectivity index (χ1v) is 7.38. The van der Waals surface area contributed by atoms with Crippen LogP contribution in [0.4, 0.5) is 0 Å². The Bertz CT molecular complexity index is 418. The Hall–Kier alpha value is -1.10. The molecule has 1 saturated heterocycles. The highest BCUT2D eigenvalue weighted by molar-refractivity contribution is 5.30. The van der Waals surface area contributed by atoms with Gasteiger partial charge in [-0.3, -0.25) is 4.90 Å². The van der Waals surface area contributed by atoms with Crippen LogP contribution in [0.5, 0.6) is 5.75 Å². The molecule has 0 bridgehead atoms. The molecule has 4 heteroatoms. The van der Waals surface area contributed by atoms with Crippen molar-refractivity contribution in [1.82, 2.24) is 9.80 Å². The molecule has 1 aliphatic rings. The Morgan fingerprint density at radius 2 is 1.80 bits per heavy atom. The summed E-state index contributed by atoms with van der Waals surface area (Å²) < 4.78 is 5.67. The number of piperazine rings is 1. The molecule has 20 heavy (non-hydrogen) atoms. The van der Waals surface area contributed by atoms with E-state index in [0.717, 1.165) is 25.4 Å². The van der Waals surface area contributed by atoms with E-state index in [1.807, 2.05) is 26.0 Å². The molecule has 0 radical (unpaired) electrons. The van der Waals surface area contributed by atoms with Crippen molar-refractivity contribution in [3.8, 4) is 5.75 Å². The number of ether oxygens (including phenoxy) is 1. The van der Waals surface area contributed by atoms with Crippen LogP contribution < -0.4 is 10.5 Å². The van der Waals surface area contributed by atoms with Gasteiger partial charge in [0.15, 0.2) is 0 Å². The van der Waals surface area contributed by atoms with Gasteiger partial charge in [-0.25, -0.2) is 0 Å². The molecule has 4 nitrogen and oxygen atoms in total. The summed E-state index contributed by atoms with van der Waals surface area (Å²) in [5.41, 5.74) is 7.64. The summed E-state index contributed by atoms with van der Waals surface area (Å²) >= 11 is 0. The maximum atomic E-state index is 6.46. The molecule has 2 unspecified atom stereocenters. The van der Waals surface area contributed by atoms with Gasteiger partial charge in [-0.1, -0.05) is 12.1 Å². The Labute approximate surface area is 122 Å². The van der Waals surface area contributed by atoms with Crippen LogP contribution in [0.2, 0.25) is 0 Å². The lowest BCUT2D eigenvalue weighted by atomic mass is 9.97. The van der Waals surface area contributed by atoms with Crippen LogP contribution in [-0.4, -0.2) is 55.7 Å². The highest BCUT2D eigenvalue weighted by atomic mass is 16.5. The van der Waals surface area contributed by atoms with Crippen LogP contribution in [0.25, 0.3) is 0 Å². The smallest absolute Gasteiger partial charge is 0.119 e. The van der Waals surface area contributed by atoms with Crippen LogP contribution in [0.3, 0.4) is 0 Å². The van der Waals surface area contributed by atoms with E-state index in [1.54, 1.807) is 0 Å². The average Bonchev–Trinajstić information content (AvgIpc) is 2.41. The van der Waals surface area contributed by atoms with Crippen LogP contribution in [0, 0.1) is 0 Å². The maximum absolute atomic E-state index is 6.46. The SMILES string of the molecule is CC(C)Oc1ccc(C(N)C2CN(C)CCN2C)cc1. The van der Waals surface area contributed by atoms with Gasteiger partial charge in [-0.05, 0) is 45.6 Å². The molecule has 0 amide bonds. The second-order valence-electron chi connectivity index (χ2n) is 6.07. The van der Waals surface area contributed by atoms with Gasteiger partial charge in [-0.15, -0.1) is 0 Å². The van der Waals surface area contributed by atoms with Crippen molar-refractivity contribution in [2.75, 3.05) is 33.7 Å². The van der Waals surface area contributed by atoms with Gasteiger partial charge in [0, 0.05) is 31.7 Å². The summed E-state index contributed by atoms with van der Waals surface area (Å²) in [4.78, 5) is 4.71. The predicted molar refractivity (Wildman–Crippen MR) is 83.0 cm³/mol. The van der Waals surface area contributed by atoms with Crippen molar-refractivity contribution in [1.29, 1.82) is 0 Å². The number of likely N-dealkylation sites (N-methyl/N-ethyl adjacent to an activating group) is 2. The molecule has 112 valence electrons. The summed E-state index contributed by atoms with van der Waals surface area (Å²) in [7, 11) is 4.32. The minimum absolute atomic E-state index is 0.0378. The van der Waals surface area contributed by atoms with E-state index in [1.165, 1.54) is 5.56 Å². The van der Waals surface area contributed by atoms with E-state index in [4.69, 9.17) is 10.5 Å². The zero-order chi connectivity index (χ0) is 14.7. The predicted octanol–water partition coefficient (Wildman–Crippen LogP) is 1.72. The lowest BCUT2D eigenvalue weighted by Crippen LogP contribution is -2.54. The summed E-state index contributed by atoms with van der Waals surface area (Å²) in [5.74, 6) is 0.907. The molecule has 1 aliphatic heterocycles. The number of nitrogens with two attached hydrogens (primary N) is 1. The van der Waals surface area contributed by atoms with Crippen molar-refractivity contribution in [3.05, 3.63) is 29.8 Å². The monoisotopic (exact) mass is 277 g/mol. The molecule has 2 N–H and O–H groups in total. The Morgan fingerprint density at radius 3 is 2.40 bits per heavy atom. The largest absolute Gasteiger partial charge is 0.491 e. The third-order valence-corrected chi connectivity index (χ3v) is 3.95. The number of rotatable bonds is 4. The fourth-order valence-electron chi connectivity index (χ4n) is 2.69. The van der Waals surface area contributed by atoms with Gasteiger partial charge >= 0.3 is 0 Å². The second-order valence-corrected chi connectivity index (χ2v) is 6.07. The topological polar surface area (TPSA) is 41.7 Å². The minimum Gasteiger partial charge on any atom is -0.491 e. The molecule has 0 aromatic heterocycles. The van der Waals surface area contributed by atoms with Gasteiger partial charge < -0.3 is 15.4 Å². The van der Waals surface area contributed by atoms with E-state index in [0.29, 0.717) is 6.04 Å². The Kier molecular flexibility index (Phi) is 5.02. The van der Waals surface area contributed by atoms with Crippen molar-refractivity contribution in [3.63, 3.8) is 0 Å². The van der Waals surface area contributed by atoms with Crippen LogP contribution in [0.15, 0.2) is 24.3 Å². The molecule has 1 heterocycles. The van der Waals surface area contributed by atoms with Crippen molar-refractivity contribution in [2.45, 2.75) is 32.0 Å². The zero-order valence-corrected chi connectivity index (χ0v) is 13.0. The molecule has 1 fully saturated rings. The molecule has 2 rings (SSSR count). The highest BCUT2D eigenvalue weighted by Crippen LogP contribution is 2.23. The van der Waals surface area contributed by atoms with Gasteiger partial charge in [-0.2, -0.15) is 0 Å². The van der Waals surface area contributed by atoms with Crippen LogP contribution >= 0.6 is 0 Å². The second kappa shape index (κ2) is 6.57. The van der Waals surface area contributed by atoms with E-state index in [9.17, 15) is 0 Å². The molecular weight excluding hydrogens is 250 g/mol. The van der Waals surface area contributed by atoms with Crippen molar-refractivity contribution >= 4 is 0 Å². The summed E-state index contributed by atoms with van der Waals surface area (Å²) in [6.07, 6.45) is 0.202. The van der Waals surface area contributed by atoms with Gasteiger partial charge in [0.2, 0.25) is 0 Å². The van der Waals surface area contributed by atoms with E-state index in [2.05, 4.69) is 36.0 Å². The number of hydrogen-bond donors (Lipinski definition) is 1. The third-order valence-electron chi connectivity index (χ3n) is 3.95. The summed E-state index contributed by atoms with van der Waals surface area (Å²) in [6, 6.07) is 8.61. The minimum atomic E-state index is 0.0378. The van der Waals surface area contributed by atoms with Gasteiger partial charge in [0.05, 0.1) is 6.10 Å². The van der Waals surface area contributed by atoms with Crippen molar-refractivity contribution in [2.24, 2.45) is 5.73 Å². The normalized spacial score (nSPS) is 23.0. The number of hydrogen-bond acceptors (Lipinski definition) is 4. The lowest BCUT2D eigenvalue weighted by Gasteiger charge is -2.40. The lowest BCUT2D eigenvalue weighted by molar-refractivity contribution is 0.0974. The molecule has 2 atom stereocenters. The van der Waals surface area contributed by atoms with Gasteiger partial charge in [0.25, 0.3) is 0 Å². The van der Waals surface area contributed by atoms with E-state index < -0.39 is 0 Å². The van der Waals surface area contributed by atoms with Crippen molar-refractivity contribution < 1.29 is 4.74 Å². The first-order chi connectivity index (χ1) is 9.47. The van der Waals surface area contributed by atoms with E-state index in [-0.39, 0.29) is 12.1 Å². The average molecular weight is 277 g/mol. The molecule has 0 saturated carbocycles. The first-order valence-electron chi connectivity index (χ1n) is 7.38. The highest BCUT2D eigenvalue weighted by Gasteiger charge is 2.28. The molecule has 1 aromatic carbocycles. The van der Waals surface area contributed by atoms with Crippen LogP contribution in [0.1, 0.15) is 25.5 Å². The summed E-state index contributed by atoms with van der Waals surface area (Å²) in [5, 5.41) is 0. The standard InChI is InChI=1S/C16H27N3O/c1-12(2)20-14-7-5-13(6-8-14)16(17)15-11-18(3)9-10-19(15)4/h5-8,12,15-16H,9-11,17H2,1-4H3. The molecule has 0 spiro atoms. The zero-order valence-electron chi connectivity index (χ0n) is 13.0. The maximum Gasteiger partial charge on any atom is 0.119 e. The fraction of sp³-hybridized carbons (Fsp3) is 0.625. The molecule has 0 aliphatic carbocycles. The number of benzene rings is 1. The quantitative estimate of drug-likeness (QED) is 0.910. The van der Waals surface area contributed by atoms with Gasteiger partial charge in [0.1, 0.15) is 5.75 Å². The Morgan fingerprint density at radius 1 is 1.15 bits per heavy atom. The van der Waals surface area contributed by atoms with Crippen LogP contribution in [-0.2, 0) is 0 Å². The molecular formula is C16H27N3O. The summed E-state index contributed by atoms with van der Waals surface area (Å²) in [6.45, 7) is 7.27. The number of nitrogens with zero attached hydrogens (tertiary/aromatic N) is 2. The molecule has 1 aromatic rings. The fourth-order valence-corrected chi connectivity index (χ4v) is 2.69. The first kappa shape index (κ1) is 15.3. The Balaban J connectivity index is 2.06.